The number of carbonyl (C=O) groups is 1. The van der Waals surface area contributed by atoms with Crippen LogP contribution in [-0.4, -0.2) is 27.0 Å². The molecular formula is C14H14N2O3S. The summed E-state index contributed by atoms with van der Waals surface area (Å²) in [6.45, 7) is 2.09. The smallest absolute Gasteiger partial charge is 0.336 e. The Balaban J connectivity index is 2.00. The zero-order chi connectivity index (χ0) is 14.2. The lowest BCUT2D eigenvalue weighted by atomic mass is 10.1. The Morgan fingerprint density at radius 1 is 1.40 bits per heavy atom. The van der Waals surface area contributed by atoms with E-state index in [-0.39, 0.29) is 16.2 Å². The quantitative estimate of drug-likeness (QED) is 0.935. The summed E-state index contributed by atoms with van der Waals surface area (Å²) in [5.41, 5.74) is 0.636. The Hall–Kier alpha value is -1.82. The van der Waals surface area contributed by atoms with Crippen LogP contribution in [0.5, 0.6) is 0 Å². The largest absolute Gasteiger partial charge is 0.478 e. The summed E-state index contributed by atoms with van der Waals surface area (Å²) in [6.07, 6.45) is 2.13. The van der Waals surface area contributed by atoms with Crippen LogP contribution in [0.3, 0.4) is 0 Å². The molecule has 6 heteroatoms. The Bertz CT molecular complexity index is 647. The van der Waals surface area contributed by atoms with Crippen molar-refractivity contribution in [1.82, 2.24) is 10.2 Å². The molecule has 0 spiro atoms. The molecule has 0 bridgehead atoms. The summed E-state index contributed by atoms with van der Waals surface area (Å²) < 4.78 is 5.59. The van der Waals surface area contributed by atoms with E-state index in [4.69, 9.17) is 4.42 Å². The van der Waals surface area contributed by atoms with Crippen molar-refractivity contribution in [3.8, 4) is 11.5 Å². The van der Waals surface area contributed by atoms with Crippen molar-refractivity contribution in [3.63, 3.8) is 0 Å². The van der Waals surface area contributed by atoms with E-state index in [2.05, 4.69) is 17.1 Å². The van der Waals surface area contributed by atoms with E-state index in [1.807, 2.05) is 0 Å². The van der Waals surface area contributed by atoms with Crippen LogP contribution < -0.4 is 0 Å². The van der Waals surface area contributed by atoms with Gasteiger partial charge < -0.3 is 9.52 Å². The first-order valence-corrected chi connectivity index (χ1v) is 7.39. The topological polar surface area (TPSA) is 76.2 Å². The van der Waals surface area contributed by atoms with Crippen LogP contribution in [0, 0.1) is 0 Å². The second kappa shape index (κ2) is 4.94. The minimum Gasteiger partial charge on any atom is -0.478 e. The average Bonchev–Trinajstić information content (AvgIpc) is 3.08. The first-order chi connectivity index (χ1) is 9.60. The maximum Gasteiger partial charge on any atom is 0.336 e. The molecule has 1 aliphatic rings. The molecule has 2 aromatic rings. The van der Waals surface area contributed by atoms with Gasteiger partial charge in [0.25, 0.3) is 0 Å². The molecule has 5 nitrogen and oxygen atoms in total. The fourth-order valence-electron chi connectivity index (χ4n) is 2.35. The van der Waals surface area contributed by atoms with Crippen molar-refractivity contribution >= 4 is 17.7 Å². The van der Waals surface area contributed by atoms with Crippen molar-refractivity contribution in [2.24, 2.45) is 0 Å². The van der Waals surface area contributed by atoms with Gasteiger partial charge in [0.2, 0.25) is 11.8 Å². The lowest BCUT2D eigenvalue weighted by Crippen LogP contribution is -2.12. The van der Waals surface area contributed by atoms with E-state index in [1.54, 1.807) is 30.0 Å². The SMILES string of the molecule is CC1(c2nnc(-c3ccccc3C(=O)O)o2)CCCS1. The molecule has 0 saturated carbocycles. The Morgan fingerprint density at radius 2 is 2.20 bits per heavy atom. The van der Waals surface area contributed by atoms with Crippen molar-refractivity contribution in [3.05, 3.63) is 35.7 Å². The highest BCUT2D eigenvalue weighted by molar-refractivity contribution is 8.00. The molecule has 1 N–H and O–H groups in total. The van der Waals surface area contributed by atoms with Gasteiger partial charge >= 0.3 is 5.97 Å². The molecule has 1 unspecified atom stereocenters. The molecule has 104 valence electrons. The second-order valence-corrected chi connectivity index (χ2v) is 6.54. The summed E-state index contributed by atoms with van der Waals surface area (Å²) in [6, 6.07) is 6.66. The number of thioether (sulfide) groups is 1. The highest BCUT2D eigenvalue weighted by Gasteiger charge is 2.37. The molecule has 1 aromatic heterocycles. The number of aromatic carboxylic acids is 1. The van der Waals surface area contributed by atoms with Gasteiger partial charge in [-0.15, -0.1) is 22.0 Å². The summed E-state index contributed by atoms with van der Waals surface area (Å²) >= 11 is 1.80. The number of rotatable bonds is 3. The van der Waals surface area contributed by atoms with Gasteiger partial charge in [0.1, 0.15) is 0 Å². The van der Waals surface area contributed by atoms with Gasteiger partial charge in [0.05, 0.1) is 15.9 Å². The molecular weight excluding hydrogens is 276 g/mol. The van der Waals surface area contributed by atoms with Crippen LogP contribution in [0.2, 0.25) is 0 Å². The van der Waals surface area contributed by atoms with Gasteiger partial charge in [0.15, 0.2) is 0 Å². The third kappa shape index (κ3) is 2.20. The number of aromatic nitrogens is 2. The molecule has 2 heterocycles. The van der Waals surface area contributed by atoms with E-state index in [9.17, 15) is 9.90 Å². The summed E-state index contributed by atoms with van der Waals surface area (Å²) in [5, 5.41) is 17.3. The summed E-state index contributed by atoms with van der Waals surface area (Å²) in [5.74, 6) is 0.934. The van der Waals surface area contributed by atoms with Gasteiger partial charge in [-0.2, -0.15) is 0 Å². The van der Waals surface area contributed by atoms with Crippen molar-refractivity contribution < 1.29 is 14.3 Å². The molecule has 0 aliphatic carbocycles. The summed E-state index contributed by atoms with van der Waals surface area (Å²) in [4.78, 5) is 11.2. The fraction of sp³-hybridized carbons (Fsp3) is 0.357. The molecule has 1 saturated heterocycles. The number of benzene rings is 1. The minimum absolute atomic E-state index is 0.149. The zero-order valence-corrected chi connectivity index (χ0v) is 11.8. The van der Waals surface area contributed by atoms with Crippen LogP contribution in [-0.2, 0) is 4.75 Å². The predicted octanol–water partition coefficient (Wildman–Crippen LogP) is 3.18. The molecule has 3 rings (SSSR count). The van der Waals surface area contributed by atoms with Crippen LogP contribution in [0.15, 0.2) is 28.7 Å². The van der Waals surface area contributed by atoms with Gasteiger partial charge in [-0.05, 0) is 37.7 Å². The standard InChI is InChI=1S/C14H14N2O3S/c1-14(7-4-8-20-14)13-16-15-11(19-13)9-5-2-3-6-10(9)12(17)18/h2-3,5-6H,4,7-8H2,1H3,(H,17,18). The van der Waals surface area contributed by atoms with Gasteiger partial charge in [0, 0.05) is 0 Å². The van der Waals surface area contributed by atoms with E-state index < -0.39 is 5.97 Å². The third-order valence-corrected chi connectivity index (χ3v) is 4.99. The Morgan fingerprint density at radius 3 is 2.90 bits per heavy atom. The number of hydrogen-bond donors (Lipinski definition) is 1. The van der Waals surface area contributed by atoms with Crippen molar-refractivity contribution in [1.29, 1.82) is 0 Å². The minimum atomic E-state index is -0.998. The van der Waals surface area contributed by atoms with E-state index in [1.165, 1.54) is 6.07 Å². The van der Waals surface area contributed by atoms with E-state index >= 15 is 0 Å². The second-order valence-electron chi connectivity index (χ2n) is 4.95. The predicted molar refractivity (Wildman–Crippen MR) is 75.7 cm³/mol. The van der Waals surface area contributed by atoms with Crippen LogP contribution in [0.25, 0.3) is 11.5 Å². The monoisotopic (exact) mass is 290 g/mol. The van der Waals surface area contributed by atoms with Crippen LogP contribution in [0.4, 0.5) is 0 Å². The number of carboxylic acid groups (broad SMARTS) is 1. The lowest BCUT2D eigenvalue weighted by Gasteiger charge is -2.16. The number of nitrogens with zero attached hydrogens (tertiary/aromatic N) is 2. The lowest BCUT2D eigenvalue weighted by molar-refractivity contribution is 0.0697. The zero-order valence-electron chi connectivity index (χ0n) is 11.0. The molecule has 0 amide bonds. The Kier molecular flexibility index (Phi) is 3.25. The molecule has 20 heavy (non-hydrogen) atoms. The highest BCUT2D eigenvalue weighted by atomic mass is 32.2. The van der Waals surface area contributed by atoms with Crippen LogP contribution in [0.1, 0.15) is 36.0 Å². The van der Waals surface area contributed by atoms with Crippen molar-refractivity contribution in [2.45, 2.75) is 24.5 Å². The fourth-order valence-corrected chi connectivity index (χ4v) is 3.58. The Labute approximate surface area is 120 Å². The maximum atomic E-state index is 11.2. The normalized spacial score (nSPS) is 22.1. The van der Waals surface area contributed by atoms with Crippen LogP contribution >= 0.6 is 11.8 Å². The molecule has 1 fully saturated rings. The van der Waals surface area contributed by atoms with Gasteiger partial charge in [-0.1, -0.05) is 12.1 Å². The van der Waals surface area contributed by atoms with Gasteiger partial charge in [-0.25, -0.2) is 4.79 Å². The van der Waals surface area contributed by atoms with Crippen molar-refractivity contribution in [2.75, 3.05) is 5.75 Å². The maximum absolute atomic E-state index is 11.2. The van der Waals surface area contributed by atoms with E-state index in [0.717, 1.165) is 18.6 Å². The first-order valence-electron chi connectivity index (χ1n) is 6.41. The number of carboxylic acids is 1. The number of hydrogen-bond acceptors (Lipinski definition) is 5. The molecule has 0 radical (unpaired) electrons. The van der Waals surface area contributed by atoms with E-state index in [0.29, 0.717) is 11.5 Å². The molecule has 1 aromatic carbocycles. The summed E-state index contributed by atoms with van der Waals surface area (Å²) in [7, 11) is 0. The molecule has 1 atom stereocenters. The first kappa shape index (κ1) is 13.2. The average molecular weight is 290 g/mol. The molecule has 1 aliphatic heterocycles. The third-order valence-electron chi connectivity index (χ3n) is 3.48. The van der Waals surface area contributed by atoms with Gasteiger partial charge in [-0.3, -0.25) is 0 Å². The highest BCUT2D eigenvalue weighted by Crippen LogP contribution is 2.46.